The molecule has 1 aliphatic heterocycles. The molecule has 0 aromatic heterocycles. The first kappa shape index (κ1) is 18.5. The van der Waals surface area contributed by atoms with E-state index in [0.717, 1.165) is 24.2 Å². The lowest BCUT2D eigenvalue weighted by atomic mass is 10.1. The van der Waals surface area contributed by atoms with Crippen molar-refractivity contribution in [2.45, 2.75) is 38.6 Å². The number of amides is 2. The van der Waals surface area contributed by atoms with E-state index in [0.29, 0.717) is 25.8 Å². The Balaban J connectivity index is 0.00000242. The summed E-state index contributed by atoms with van der Waals surface area (Å²) in [6.07, 6.45) is 2.68. The van der Waals surface area contributed by atoms with E-state index in [9.17, 15) is 9.59 Å². The fourth-order valence-corrected chi connectivity index (χ4v) is 2.54. The molecule has 1 heterocycles. The molecule has 1 aromatic rings. The molecule has 22 heavy (non-hydrogen) atoms. The van der Waals surface area contributed by atoms with Crippen molar-refractivity contribution in [3.8, 4) is 0 Å². The summed E-state index contributed by atoms with van der Waals surface area (Å²) in [5.74, 6) is 0.183. The van der Waals surface area contributed by atoms with Gasteiger partial charge in [-0.3, -0.25) is 9.59 Å². The lowest BCUT2D eigenvalue weighted by Crippen LogP contribution is -2.27. The van der Waals surface area contributed by atoms with E-state index in [1.165, 1.54) is 0 Å². The Morgan fingerprint density at radius 3 is 2.86 bits per heavy atom. The minimum absolute atomic E-state index is 0. The molecule has 2 amide bonds. The van der Waals surface area contributed by atoms with Gasteiger partial charge in [-0.2, -0.15) is 0 Å². The van der Waals surface area contributed by atoms with Crippen LogP contribution in [0.1, 0.15) is 44.2 Å². The molecular formula is C16H24ClN3O2. The molecule has 0 bridgehead atoms. The van der Waals surface area contributed by atoms with E-state index in [4.69, 9.17) is 5.73 Å². The first-order valence-electron chi connectivity index (χ1n) is 7.51. The molecule has 122 valence electrons. The molecule has 1 aromatic carbocycles. The number of carbonyl (C=O) groups excluding carboxylic acids is 2. The number of nitrogens with two attached hydrogens (primary N) is 1. The zero-order valence-electron chi connectivity index (χ0n) is 12.9. The van der Waals surface area contributed by atoms with Gasteiger partial charge >= 0.3 is 0 Å². The van der Waals surface area contributed by atoms with Crippen LogP contribution in [0, 0.1) is 0 Å². The van der Waals surface area contributed by atoms with Crippen LogP contribution in [0.15, 0.2) is 24.3 Å². The molecule has 1 aliphatic rings. The predicted octanol–water partition coefficient (Wildman–Crippen LogP) is 2.15. The van der Waals surface area contributed by atoms with Gasteiger partial charge in [0.05, 0.1) is 6.04 Å². The van der Waals surface area contributed by atoms with E-state index in [2.05, 4.69) is 5.32 Å². The van der Waals surface area contributed by atoms with E-state index < -0.39 is 0 Å². The maximum atomic E-state index is 11.8. The van der Waals surface area contributed by atoms with Crippen molar-refractivity contribution in [2.75, 3.05) is 18.0 Å². The summed E-state index contributed by atoms with van der Waals surface area (Å²) >= 11 is 0. The van der Waals surface area contributed by atoms with Crippen LogP contribution < -0.4 is 16.0 Å². The Labute approximate surface area is 137 Å². The third-order valence-electron chi connectivity index (χ3n) is 3.74. The van der Waals surface area contributed by atoms with Crippen LogP contribution >= 0.6 is 12.4 Å². The Hall–Kier alpha value is -1.59. The smallest absolute Gasteiger partial charge is 0.227 e. The third-order valence-corrected chi connectivity index (χ3v) is 3.74. The highest BCUT2D eigenvalue weighted by molar-refractivity contribution is 5.95. The van der Waals surface area contributed by atoms with Crippen molar-refractivity contribution in [3.05, 3.63) is 29.8 Å². The molecule has 5 nitrogen and oxygen atoms in total. The van der Waals surface area contributed by atoms with E-state index in [-0.39, 0.29) is 30.3 Å². The quantitative estimate of drug-likeness (QED) is 0.841. The summed E-state index contributed by atoms with van der Waals surface area (Å²) in [5.41, 5.74) is 7.33. The number of carbonyl (C=O) groups is 2. The average molecular weight is 326 g/mol. The summed E-state index contributed by atoms with van der Waals surface area (Å²) in [5, 5.41) is 2.96. The molecule has 1 atom stereocenters. The van der Waals surface area contributed by atoms with Crippen LogP contribution in [0.25, 0.3) is 0 Å². The highest BCUT2D eigenvalue weighted by atomic mass is 35.5. The lowest BCUT2D eigenvalue weighted by Gasteiger charge is -2.19. The van der Waals surface area contributed by atoms with Gasteiger partial charge in [0.1, 0.15) is 0 Å². The van der Waals surface area contributed by atoms with Gasteiger partial charge in [0.25, 0.3) is 0 Å². The molecule has 0 saturated carbocycles. The molecule has 6 heteroatoms. The van der Waals surface area contributed by atoms with E-state index >= 15 is 0 Å². The average Bonchev–Trinajstić information content (AvgIpc) is 2.91. The van der Waals surface area contributed by atoms with Gasteiger partial charge in [-0.25, -0.2) is 0 Å². The molecule has 0 radical (unpaired) electrons. The molecule has 1 fully saturated rings. The second-order valence-corrected chi connectivity index (χ2v) is 5.43. The topological polar surface area (TPSA) is 75.4 Å². The van der Waals surface area contributed by atoms with Gasteiger partial charge in [0.15, 0.2) is 0 Å². The van der Waals surface area contributed by atoms with E-state index in [1.54, 1.807) is 0 Å². The Kier molecular flexibility index (Phi) is 7.35. The van der Waals surface area contributed by atoms with Crippen molar-refractivity contribution < 1.29 is 9.59 Å². The second kappa shape index (κ2) is 8.76. The zero-order chi connectivity index (χ0) is 15.2. The van der Waals surface area contributed by atoms with Crippen LogP contribution in [0.3, 0.4) is 0 Å². The van der Waals surface area contributed by atoms with Crippen LogP contribution in [0.5, 0.6) is 0 Å². The van der Waals surface area contributed by atoms with Crippen LogP contribution in [0.2, 0.25) is 0 Å². The minimum atomic E-state index is -0.0760. The number of nitrogens with one attached hydrogen (secondary N) is 1. The summed E-state index contributed by atoms with van der Waals surface area (Å²) in [6.45, 7) is 3.25. The van der Waals surface area contributed by atoms with Gasteiger partial charge in [0, 0.05) is 25.1 Å². The second-order valence-electron chi connectivity index (χ2n) is 5.43. The van der Waals surface area contributed by atoms with Crippen molar-refractivity contribution in [3.63, 3.8) is 0 Å². The lowest BCUT2D eigenvalue weighted by molar-refractivity contribution is -0.121. The fourth-order valence-electron chi connectivity index (χ4n) is 2.54. The number of rotatable bonds is 6. The summed E-state index contributed by atoms with van der Waals surface area (Å²) in [6, 6.07) is 7.75. The SMILES string of the molecule is CC(NC(=O)CCCN)c1cccc(N2CCCC2=O)c1.Cl. The molecule has 3 N–H and O–H groups in total. The molecular weight excluding hydrogens is 302 g/mol. The summed E-state index contributed by atoms with van der Waals surface area (Å²) in [7, 11) is 0. The van der Waals surface area contributed by atoms with Gasteiger partial charge in [-0.1, -0.05) is 12.1 Å². The number of halogens is 1. The van der Waals surface area contributed by atoms with Crippen molar-refractivity contribution in [1.82, 2.24) is 5.32 Å². The number of nitrogens with zero attached hydrogens (tertiary/aromatic N) is 1. The van der Waals surface area contributed by atoms with Gasteiger partial charge < -0.3 is 16.0 Å². The van der Waals surface area contributed by atoms with E-state index in [1.807, 2.05) is 36.1 Å². The summed E-state index contributed by atoms with van der Waals surface area (Å²) in [4.78, 5) is 25.4. The number of hydrogen-bond donors (Lipinski definition) is 2. The third kappa shape index (κ3) is 4.71. The Morgan fingerprint density at radius 1 is 1.45 bits per heavy atom. The molecule has 2 rings (SSSR count). The number of anilines is 1. The van der Waals surface area contributed by atoms with Crippen molar-refractivity contribution >= 4 is 29.9 Å². The minimum Gasteiger partial charge on any atom is -0.350 e. The summed E-state index contributed by atoms with van der Waals surface area (Å²) < 4.78 is 0. The largest absolute Gasteiger partial charge is 0.350 e. The van der Waals surface area contributed by atoms with Crippen LogP contribution in [-0.2, 0) is 9.59 Å². The Morgan fingerprint density at radius 2 is 2.23 bits per heavy atom. The monoisotopic (exact) mass is 325 g/mol. The van der Waals surface area contributed by atoms with Crippen molar-refractivity contribution in [1.29, 1.82) is 0 Å². The maximum absolute atomic E-state index is 11.8. The zero-order valence-corrected chi connectivity index (χ0v) is 13.7. The number of benzene rings is 1. The van der Waals surface area contributed by atoms with Crippen LogP contribution in [0.4, 0.5) is 5.69 Å². The highest BCUT2D eigenvalue weighted by Crippen LogP contribution is 2.24. The standard InChI is InChI=1S/C16H23N3O2.ClH/c1-12(18-15(20)7-3-9-17)13-5-2-6-14(11-13)19-10-4-8-16(19)21;/h2,5-6,11-12H,3-4,7-10,17H2,1H3,(H,18,20);1H. The fraction of sp³-hybridized carbons (Fsp3) is 0.500. The first-order chi connectivity index (χ1) is 10.1. The highest BCUT2D eigenvalue weighted by Gasteiger charge is 2.22. The number of hydrogen-bond acceptors (Lipinski definition) is 3. The van der Waals surface area contributed by atoms with Crippen LogP contribution in [-0.4, -0.2) is 24.9 Å². The molecule has 0 aliphatic carbocycles. The molecule has 1 unspecified atom stereocenters. The van der Waals surface area contributed by atoms with Crippen molar-refractivity contribution in [2.24, 2.45) is 5.73 Å². The Bertz CT molecular complexity index is 522. The first-order valence-corrected chi connectivity index (χ1v) is 7.51. The normalized spacial score (nSPS) is 15.4. The maximum Gasteiger partial charge on any atom is 0.227 e. The molecule has 1 saturated heterocycles. The van der Waals surface area contributed by atoms with Gasteiger partial charge in [-0.05, 0) is 44.0 Å². The van der Waals surface area contributed by atoms with Gasteiger partial charge in [-0.15, -0.1) is 12.4 Å². The predicted molar refractivity (Wildman–Crippen MR) is 90.1 cm³/mol. The molecule has 0 spiro atoms. The van der Waals surface area contributed by atoms with Gasteiger partial charge in [0.2, 0.25) is 11.8 Å².